The average molecular weight is 199 g/mol. The number of aromatic nitrogens is 1. The van der Waals surface area contributed by atoms with Gasteiger partial charge < -0.3 is 5.73 Å². The topological polar surface area (TPSA) is 56.0 Å². The van der Waals surface area contributed by atoms with Crippen LogP contribution < -0.4 is 5.73 Å². The van der Waals surface area contributed by atoms with E-state index in [1.54, 1.807) is 0 Å². The molecule has 0 saturated heterocycles. The number of carbonyl (C=O) groups is 1. The maximum atomic E-state index is 12.8. The van der Waals surface area contributed by atoms with Gasteiger partial charge in [0, 0.05) is 12.1 Å². The van der Waals surface area contributed by atoms with Crippen LogP contribution in [0.25, 0.3) is 0 Å². The Balaban J connectivity index is 3.09. The number of hydrogen-bond acceptors (Lipinski definition) is 2. The Kier molecular flexibility index (Phi) is 2.83. The number of primary amides is 1. The van der Waals surface area contributed by atoms with Crippen LogP contribution >= 0.6 is 11.6 Å². The van der Waals surface area contributed by atoms with E-state index in [0.717, 1.165) is 6.20 Å². The third kappa shape index (κ3) is 2.73. The fourth-order valence-electron chi connectivity index (χ4n) is 0.639. The second-order valence-electron chi connectivity index (χ2n) is 2.11. The lowest BCUT2D eigenvalue weighted by Gasteiger charge is -1.92. The Hall–Kier alpha value is -1.60. The monoisotopic (exact) mass is 198 g/mol. The average Bonchev–Trinajstić information content (AvgIpc) is 2.06. The lowest BCUT2D eigenvalue weighted by atomic mass is 10.3. The van der Waals surface area contributed by atoms with Crippen molar-refractivity contribution in [3.8, 4) is 11.8 Å². The Morgan fingerprint density at radius 1 is 1.69 bits per heavy atom. The van der Waals surface area contributed by atoms with Crippen LogP contribution in [0, 0.1) is 17.8 Å². The highest BCUT2D eigenvalue weighted by Gasteiger charge is 2.00. The molecule has 1 aromatic heterocycles. The summed E-state index contributed by atoms with van der Waals surface area (Å²) in [6.07, 6.45) is 1.15. The van der Waals surface area contributed by atoms with Gasteiger partial charge in [0.2, 0.25) is 5.95 Å². The van der Waals surface area contributed by atoms with Gasteiger partial charge in [0.05, 0.1) is 10.6 Å². The van der Waals surface area contributed by atoms with Crippen LogP contribution in [0.5, 0.6) is 0 Å². The smallest absolute Gasteiger partial charge is 0.293 e. The number of carbonyl (C=O) groups excluding carboxylic acids is 1. The summed E-state index contributed by atoms with van der Waals surface area (Å²) in [6.45, 7) is 0. The molecule has 1 heterocycles. The van der Waals surface area contributed by atoms with E-state index in [-0.39, 0.29) is 10.6 Å². The summed E-state index contributed by atoms with van der Waals surface area (Å²) in [6, 6.07) is 1.26. The number of hydrogen-bond donors (Lipinski definition) is 1. The van der Waals surface area contributed by atoms with E-state index >= 15 is 0 Å². The van der Waals surface area contributed by atoms with Crippen LogP contribution in [0.15, 0.2) is 12.3 Å². The molecule has 0 unspecified atom stereocenters. The van der Waals surface area contributed by atoms with Gasteiger partial charge in [-0.2, -0.15) is 4.39 Å². The largest absolute Gasteiger partial charge is 0.359 e. The molecule has 3 nitrogen and oxygen atoms in total. The zero-order chi connectivity index (χ0) is 9.84. The van der Waals surface area contributed by atoms with Gasteiger partial charge in [0.1, 0.15) is 0 Å². The summed E-state index contributed by atoms with van der Waals surface area (Å²) < 4.78 is 12.8. The molecule has 0 atom stereocenters. The first-order valence-corrected chi connectivity index (χ1v) is 3.60. The van der Waals surface area contributed by atoms with Gasteiger partial charge in [-0.05, 0) is 6.07 Å². The van der Waals surface area contributed by atoms with Gasteiger partial charge in [0.15, 0.2) is 0 Å². The molecule has 0 aliphatic heterocycles. The molecule has 0 aliphatic rings. The maximum absolute atomic E-state index is 12.8. The molecular weight excluding hydrogens is 195 g/mol. The van der Waals surface area contributed by atoms with E-state index in [9.17, 15) is 9.18 Å². The first kappa shape index (κ1) is 9.49. The maximum Gasteiger partial charge on any atom is 0.293 e. The highest BCUT2D eigenvalue weighted by Crippen LogP contribution is 2.10. The molecule has 0 aromatic carbocycles. The minimum absolute atomic E-state index is 0.0497. The Morgan fingerprint density at radius 2 is 2.38 bits per heavy atom. The fraction of sp³-hybridized carbons (Fsp3) is 0. The van der Waals surface area contributed by atoms with Crippen molar-refractivity contribution in [2.24, 2.45) is 5.73 Å². The van der Waals surface area contributed by atoms with Crippen molar-refractivity contribution >= 4 is 17.5 Å². The minimum Gasteiger partial charge on any atom is -0.359 e. The van der Waals surface area contributed by atoms with Crippen LogP contribution in [-0.2, 0) is 4.79 Å². The number of rotatable bonds is 0. The minimum atomic E-state index is -0.834. The molecule has 2 N–H and O–H groups in total. The Bertz CT molecular complexity index is 408. The van der Waals surface area contributed by atoms with Crippen molar-refractivity contribution in [1.82, 2.24) is 4.98 Å². The van der Waals surface area contributed by atoms with Crippen molar-refractivity contribution in [2.45, 2.75) is 0 Å². The number of halogens is 2. The fourth-order valence-corrected chi connectivity index (χ4v) is 0.797. The zero-order valence-corrected chi connectivity index (χ0v) is 7.10. The van der Waals surface area contributed by atoms with Crippen molar-refractivity contribution in [1.29, 1.82) is 0 Å². The normalized spacial score (nSPS) is 8.77. The molecule has 0 aliphatic carbocycles. The zero-order valence-electron chi connectivity index (χ0n) is 6.34. The molecule has 1 aromatic rings. The van der Waals surface area contributed by atoms with Crippen LogP contribution in [0.3, 0.4) is 0 Å². The second-order valence-corrected chi connectivity index (χ2v) is 2.54. The van der Waals surface area contributed by atoms with Crippen LogP contribution in [0.2, 0.25) is 5.02 Å². The standard InChI is InChI=1S/C8H4ClFN2O/c9-6-3-5(1-2-7(11)13)8(10)12-4-6/h3-4H,(H2,11,13). The summed E-state index contributed by atoms with van der Waals surface area (Å²) in [5.74, 6) is 2.57. The second kappa shape index (κ2) is 3.87. The van der Waals surface area contributed by atoms with Crippen molar-refractivity contribution in [3.05, 3.63) is 28.8 Å². The van der Waals surface area contributed by atoms with Gasteiger partial charge in [-0.3, -0.25) is 4.79 Å². The van der Waals surface area contributed by atoms with E-state index in [1.807, 2.05) is 5.92 Å². The van der Waals surface area contributed by atoms with Gasteiger partial charge in [0.25, 0.3) is 5.91 Å². The number of pyridine rings is 1. The Morgan fingerprint density at radius 3 is 3.00 bits per heavy atom. The first-order valence-electron chi connectivity index (χ1n) is 3.22. The van der Waals surface area contributed by atoms with E-state index in [0.29, 0.717) is 0 Å². The Labute approximate surface area is 78.7 Å². The van der Waals surface area contributed by atoms with Gasteiger partial charge >= 0.3 is 0 Å². The van der Waals surface area contributed by atoms with E-state index in [2.05, 4.69) is 10.9 Å². The highest BCUT2D eigenvalue weighted by atomic mass is 35.5. The summed E-state index contributed by atoms with van der Waals surface area (Å²) in [5, 5.41) is 0.246. The van der Waals surface area contributed by atoms with Crippen LogP contribution in [0.4, 0.5) is 4.39 Å². The van der Waals surface area contributed by atoms with E-state index < -0.39 is 11.9 Å². The number of amides is 1. The van der Waals surface area contributed by atoms with Crippen molar-refractivity contribution < 1.29 is 9.18 Å². The molecule has 0 fully saturated rings. The summed E-state index contributed by atoms with van der Waals surface area (Å²) in [4.78, 5) is 13.5. The molecule has 0 saturated carbocycles. The summed E-state index contributed by atoms with van der Waals surface area (Å²) >= 11 is 5.52. The molecule has 1 rings (SSSR count). The van der Waals surface area contributed by atoms with E-state index in [4.69, 9.17) is 17.3 Å². The summed E-state index contributed by atoms with van der Waals surface area (Å²) in [5.41, 5.74) is 4.69. The predicted molar refractivity (Wildman–Crippen MR) is 45.3 cm³/mol. The highest BCUT2D eigenvalue weighted by molar-refractivity contribution is 6.30. The SMILES string of the molecule is NC(=O)C#Cc1cc(Cl)cnc1F. The molecule has 0 spiro atoms. The van der Waals surface area contributed by atoms with Gasteiger partial charge in [-0.25, -0.2) is 4.98 Å². The van der Waals surface area contributed by atoms with Gasteiger partial charge in [-0.15, -0.1) is 0 Å². The predicted octanol–water partition coefficient (Wildman–Crippen LogP) is 0.711. The molecule has 1 amide bonds. The first-order chi connectivity index (χ1) is 6.09. The molecule has 5 heteroatoms. The third-order valence-corrected chi connectivity index (χ3v) is 1.33. The van der Waals surface area contributed by atoms with Crippen molar-refractivity contribution in [3.63, 3.8) is 0 Å². The lowest BCUT2D eigenvalue weighted by molar-refractivity contribution is -0.112. The third-order valence-electron chi connectivity index (χ3n) is 1.13. The van der Waals surface area contributed by atoms with E-state index in [1.165, 1.54) is 6.07 Å². The molecule has 0 bridgehead atoms. The lowest BCUT2D eigenvalue weighted by Crippen LogP contribution is -2.06. The van der Waals surface area contributed by atoms with Crippen molar-refractivity contribution in [2.75, 3.05) is 0 Å². The van der Waals surface area contributed by atoms with Crippen LogP contribution in [-0.4, -0.2) is 10.9 Å². The summed E-state index contributed by atoms with van der Waals surface area (Å²) in [7, 11) is 0. The molecule has 66 valence electrons. The molecule has 0 radical (unpaired) electrons. The van der Waals surface area contributed by atoms with Gasteiger partial charge in [-0.1, -0.05) is 17.5 Å². The number of nitrogens with zero attached hydrogens (tertiary/aromatic N) is 1. The quantitative estimate of drug-likeness (QED) is 0.493. The molecule has 13 heavy (non-hydrogen) atoms. The van der Waals surface area contributed by atoms with Crippen LogP contribution in [0.1, 0.15) is 5.56 Å². The number of nitrogens with two attached hydrogens (primary N) is 1. The molecular formula is C8H4ClFN2O.